The summed E-state index contributed by atoms with van der Waals surface area (Å²) in [6, 6.07) is 0. The fraction of sp³-hybridized carbons (Fsp3) is 0.600. The van der Waals surface area contributed by atoms with Gasteiger partial charge in [-0.3, -0.25) is 0 Å². The van der Waals surface area contributed by atoms with E-state index in [1.165, 1.54) is 5.57 Å². The SMILES string of the molecule is C/C=C\CC(O)CC=C(C)C. The molecule has 1 nitrogen and oxygen atoms in total. The predicted octanol–water partition coefficient (Wildman–Crippen LogP) is 2.67. The summed E-state index contributed by atoms with van der Waals surface area (Å²) < 4.78 is 0. The summed E-state index contributed by atoms with van der Waals surface area (Å²) in [5.74, 6) is 0. The Kier molecular flexibility index (Phi) is 5.86. The van der Waals surface area contributed by atoms with Gasteiger partial charge in [0.15, 0.2) is 0 Å². The van der Waals surface area contributed by atoms with Crippen molar-refractivity contribution >= 4 is 0 Å². The molecule has 0 spiro atoms. The maximum Gasteiger partial charge on any atom is 0.0609 e. The summed E-state index contributed by atoms with van der Waals surface area (Å²) in [5, 5.41) is 9.33. The smallest absolute Gasteiger partial charge is 0.0609 e. The minimum atomic E-state index is -0.207. The van der Waals surface area contributed by atoms with Gasteiger partial charge in [-0.15, -0.1) is 0 Å². The highest BCUT2D eigenvalue weighted by atomic mass is 16.3. The highest BCUT2D eigenvalue weighted by molar-refractivity contribution is 4.95. The number of allylic oxidation sites excluding steroid dienone is 2. The summed E-state index contributed by atoms with van der Waals surface area (Å²) in [6.45, 7) is 6.05. The summed E-state index contributed by atoms with van der Waals surface area (Å²) in [6.07, 6.45) is 7.34. The van der Waals surface area contributed by atoms with Gasteiger partial charge in [-0.1, -0.05) is 23.8 Å². The third kappa shape index (κ3) is 7.34. The van der Waals surface area contributed by atoms with Gasteiger partial charge in [0, 0.05) is 0 Å². The second-order valence-electron chi connectivity index (χ2n) is 2.98. The van der Waals surface area contributed by atoms with Gasteiger partial charge in [0.25, 0.3) is 0 Å². The van der Waals surface area contributed by atoms with Crippen LogP contribution < -0.4 is 0 Å². The van der Waals surface area contributed by atoms with Gasteiger partial charge in [0.1, 0.15) is 0 Å². The van der Waals surface area contributed by atoms with E-state index in [4.69, 9.17) is 0 Å². The Labute approximate surface area is 69.4 Å². The first-order chi connectivity index (χ1) is 5.16. The molecule has 0 saturated heterocycles. The molecule has 0 aromatic carbocycles. The van der Waals surface area contributed by atoms with Crippen LogP contribution in [0.3, 0.4) is 0 Å². The Balaban J connectivity index is 3.52. The van der Waals surface area contributed by atoms with Crippen molar-refractivity contribution in [3.05, 3.63) is 23.8 Å². The molecule has 0 amide bonds. The molecule has 0 saturated carbocycles. The van der Waals surface area contributed by atoms with Crippen LogP contribution in [-0.2, 0) is 0 Å². The Morgan fingerprint density at radius 2 is 2.00 bits per heavy atom. The van der Waals surface area contributed by atoms with E-state index >= 15 is 0 Å². The Morgan fingerprint density at radius 1 is 1.36 bits per heavy atom. The van der Waals surface area contributed by atoms with E-state index < -0.39 is 0 Å². The monoisotopic (exact) mass is 154 g/mol. The molecule has 0 bridgehead atoms. The van der Waals surface area contributed by atoms with Crippen LogP contribution in [-0.4, -0.2) is 11.2 Å². The van der Waals surface area contributed by atoms with Crippen molar-refractivity contribution in [2.75, 3.05) is 0 Å². The molecule has 64 valence electrons. The molecule has 0 aliphatic heterocycles. The van der Waals surface area contributed by atoms with Crippen LogP contribution in [0.1, 0.15) is 33.6 Å². The average Bonchev–Trinajstić information content (AvgIpc) is 1.97. The second kappa shape index (κ2) is 6.17. The Morgan fingerprint density at radius 3 is 2.45 bits per heavy atom. The van der Waals surface area contributed by atoms with Gasteiger partial charge in [-0.05, 0) is 33.6 Å². The molecule has 1 unspecified atom stereocenters. The van der Waals surface area contributed by atoms with E-state index in [1.54, 1.807) is 0 Å². The minimum Gasteiger partial charge on any atom is -0.392 e. The maximum absolute atomic E-state index is 9.33. The van der Waals surface area contributed by atoms with Crippen molar-refractivity contribution < 1.29 is 5.11 Å². The first-order valence-electron chi connectivity index (χ1n) is 4.09. The lowest BCUT2D eigenvalue weighted by Crippen LogP contribution is -2.02. The normalized spacial score (nSPS) is 13.5. The highest BCUT2D eigenvalue weighted by Crippen LogP contribution is 2.02. The molecule has 0 aliphatic carbocycles. The summed E-state index contributed by atoms with van der Waals surface area (Å²) in [5.41, 5.74) is 1.27. The number of rotatable bonds is 4. The zero-order chi connectivity index (χ0) is 8.69. The van der Waals surface area contributed by atoms with Gasteiger partial charge in [0.05, 0.1) is 6.10 Å². The fourth-order valence-corrected chi connectivity index (χ4v) is 0.761. The molecule has 0 heterocycles. The largest absolute Gasteiger partial charge is 0.392 e. The molecule has 1 atom stereocenters. The third-order valence-corrected chi connectivity index (χ3v) is 1.44. The predicted molar refractivity (Wildman–Crippen MR) is 49.5 cm³/mol. The van der Waals surface area contributed by atoms with Crippen molar-refractivity contribution in [2.24, 2.45) is 0 Å². The van der Waals surface area contributed by atoms with Crippen LogP contribution in [0.15, 0.2) is 23.8 Å². The summed E-state index contributed by atoms with van der Waals surface area (Å²) >= 11 is 0. The third-order valence-electron chi connectivity index (χ3n) is 1.44. The standard InChI is InChI=1S/C10H18O/c1-4-5-6-10(11)8-7-9(2)3/h4-5,7,10-11H,6,8H2,1-3H3/b5-4-. The van der Waals surface area contributed by atoms with Crippen molar-refractivity contribution in [3.8, 4) is 0 Å². The quantitative estimate of drug-likeness (QED) is 0.617. The average molecular weight is 154 g/mol. The number of aliphatic hydroxyl groups excluding tert-OH is 1. The van der Waals surface area contributed by atoms with Gasteiger partial charge in [0.2, 0.25) is 0 Å². The zero-order valence-corrected chi connectivity index (χ0v) is 7.67. The highest BCUT2D eigenvalue weighted by Gasteiger charge is 1.96. The molecule has 0 aromatic heterocycles. The van der Waals surface area contributed by atoms with Gasteiger partial charge in [-0.25, -0.2) is 0 Å². The summed E-state index contributed by atoms with van der Waals surface area (Å²) in [4.78, 5) is 0. The van der Waals surface area contributed by atoms with Crippen molar-refractivity contribution in [2.45, 2.75) is 39.7 Å². The molecule has 11 heavy (non-hydrogen) atoms. The second-order valence-corrected chi connectivity index (χ2v) is 2.98. The Hall–Kier alpha value is -0.560. The molecule has 0 rings (SSSR count). The van der Waals surface area contributed by atoms with Crippen LogP contribution in [0.25, 0.3) is 0 Å². The van der Waals surface area contributed by atoms with Gasteiger partial charge in [-0.2, -0.15) is 0 Å². The minimum absolute atomic E-state index is 0.207. The zero-order valence-electron chi connectivity index (χ0n) is 7.67. The fourth-order valence-electron chi connectivity index (χ4n) is 0.761. The lowest BCUT2D eigenvalue weighted by Gasteiger charge is -2.03. The van der Waals surface area contributed by atoms with Gasteiger partial charge < -0.3 is 5.11 Å². The Bertz CT molecular complexity index is 141. The number of aliphatic hydroxyl groups is 1. The lowest BCUT2D eigenvalue weighted by molar-refractivity contribution is 0.181. The van der Waals surface area contributed by atoms with Crippen molar-refractivity contribution in [1.29, 1.82) is 0 Å². The molecule has 0 aromatic rings. The molecule has 0 radical (unpaired) electrons. The van der Waals surface area contributed by atoms with Crippen molar-refractivity contribution in [3.63, 3.8) is 0 Å². The first kappa shape index (κ1) is 10.4. The van der Waals surface area contributed by atoms with E-state index in [9.17, 15) is 5.11 Å². The van der Waals surface area contributed by atoms with Crippen LogP contribution in [0, 0.1) is 0 Å². The van der Waals surface area contributed by atoms with E-state index in [0.29, 0.717) is 0 Å². The van der Waals surface area contributed by atoms with Crippen LogP contribution in [0.5, 0.6) is 0 Å². The van der Waals surface area contributed by atoms with Gasteiger partial charge >= 0.3 is 0 Å². The molecular weight excluding hydrogens is 136 g/mol. The molecular formula is C10H18O. The number of hydrogen-bond acceptors (Lipinski definition) is 1. The van der Waals surface area contributed by atoms with Crippen LogP contribution in [0.4, 0.5) is 0 Å². The van der Waals surface area contributed by atoms with Crippen LogP contribution in [0.2, 0.25) is 0 Å². The number of hydrogen-bond donors (Lipinski definition) is 1. The van der Waals surface area contributed by atoms with E-state index in [1.807, 2.05) is 32.9 Å². The summed E-state index contributed by atoms with van der Waals surface area (Å²) in [7, 11) is 0. The molecule has 0 aliphatic rings. The molecule has 0 fully saturated rings. The van der Waals surface area contributed by atoms with E-state index in [2.05, 4.69) is 6.08 Å². The van der Waals surface area contributed by atoms with Crippen molar-refractivity contribution in [1.82, 2.24) is 0 Å². The maximum atomic E-state index is 9.33. The lowest BCUT2D eigenvalue weighted by atomic mass is 10.1. The topological polar surface area (TPSA) is 20.2 Å². The molecule has 1 N–H and O–H groups in total. The van der Waals surface area contributed by atoms with E-state index in [-0.39, 0.29) is 6.10 Å². The van der Waals surface area contributed by atoms with E-state index in [0.717, 1.165) is 12.8 Å². The van der Waals surface area contributed by atoms with Crippen LogP contribution >= 0.6 is 0 Å². The molecule has 1 heteroatoms. The first-order valence-corrected chi connectivity index (χ1v) is 4.09.